The Bertz CT molecular complexity index is 857. The first-order valence-electron chi connectivity index (χ1n) is 9.03. The summed E-state index contributed by atoms with van der Waals surface area (Å²) in [5, 5.41) is 13.3. The average molecular weight is 349 g/mol. The molecule has 0 bridgehead atoms. The van der Waals surface area contributed by atoms with Crippen LogP contribution in [0.4, 0.5) is 5.82 Å². The summed E-state index contributed by atoms with van der Waals surface area (Å²) in [5.74, 6) is 1.00. The van der Waals surface area contributed by atoms with Crippen molar-refractivity contribution in [1.82, 2.24) is 19.9 Å². The van der Waals surface area contributed by atoms with Crippen molar-refractivity contribution in [2.24, 2.45) is 5.92 Å². The molecular weight excluding hydrogens is 326 g/mol. The van der Waals surface area contributed by atoms with E-state index in [9.17, 15) is 5.11 Å². The van der Waals surface area contributed by atoms with E-state index in [-0.39, 0.29) is 18.6 Å². The summed E-state index contributed by atoms with van der Waals surface area (Å²) < 4.78 is 0. The highest BCUT2D eigenvalue weighted by molar-refractivity contribution is 5.71. The number of fused-ring (bicyclic) bond motifs is 1. The topological polar surface area (TPSA) is 74.2 Å². The predicted molar refractivity (Wildman–Crippen MR) is 102 cm³/mol. The molecule has 0 aliphatic carbocycles. The molecule has 3 aromatic rings. The number of hydrogen-bond donors (Lipinski definition) is 2. The molecule has 2 N–H and O–H groups in total. The van der Waals surface area contributed by atoms with Crippen LogP contribution in [0.1, 0.15) is 12.0 Å². The van der Waals surface area contributed by atoms with Gasteiger partial charge in [-0.3, -0.25) is 9.88 Å². The van der Waals surface area contributed by atoms with Gasteiger partial charge in [0.1, 0.15) is 11.3 Å². The maximum absolute atomic E-state index is 9.79. The fraction of sp³-hybridized carbons (Fsp3) is 0.350. The van der Waals surface area contributed by atoms with Gasteiger partial charge in [0.05, 0.1) is 0 Å². The minimum absolute atomic E-state index is 0.152. The lowest BCUT2D eigenvalue weighted by Crippen LogP contribution is -2.48. The van der Waals surface area contributed by atoms with E-state index in [1.807, 2.05) is 18.2 Å². The number of aromatic nitrogens is 3. The lowest BCUT2D eigenvalue weighted by Gasteiger charge is -2.38. The molecule has 0 saturated carbocycles. The van der Waals surface area contributed by atoms with Crippen LogP contribution in [0, 0.1) is 5.92 Å². The Labute approximate surface area is 152 Å². The number of aliphatic hydroxyl groups is 1. The van der Waals surface area contributed by atoms with Crippen LogP contribution < -0.4 is 5.32 Å². The molecule has 1 aliphatic heterocycles. The standard InChI is InChI=1S/C20H23N5O/c26-14-16-8-11-25(12-15-4-2-1-3-5-15)13-18(16)23-19-7-6-17-20(24-19)22-10-9-21-17/h1-7,9-10,16,18,26H,8,11-14H2,(H,22,23,24). The third-order valence-corrected chi connectivity index (χ3v) is 4.99. The molecule has 2 atom stereocenters. The highest BCUT2D eigenvalue weighted by Gasteiger charge is 2.29. The Kier molecular flexibility index (Phi) is 5.04. The molecule has 0 spiro atoms. The molecule has 6 heteroatoms. The van der Waals surface area contributed by atoms with E-state index in [4.69, 9.17) is 0 Å². The Morgan fingerprint density at radius 3 is 2.77 bits per heavy atom. The number of pyridine rings is 1. The fourth-order valence-electron chi connectivity index (χ4n) is 3.56. The van der Waals surface area contributed by atoms with Gasteiger partial charge in [0.25, 0.3) is 0 Å². The van der Waals surface area contributed by atoms with Gasteiger partial charge in [-0.2, -0.15) is 0 Å². The first-order chi connectivity index (χ1) is 12.8. The summed E-state index contributed by atoms with van der Waals surface area (Å²) in [5.41, 5.74) is 2.73. The lowest BCUT2D eigenvalue weighted by atomic mass is 9.92. The minimum atomic E-state index is 0.152. The van der Waals surface area contributed by atoms with E-state index in [0.717, 1.165) is 37.4 Å². The van der Waals surface area contributed by atoms with Gasteiger partial charge in [0.15, 0.2) is 5.65 Å². The number of nitrogens with one attached hydrogen (secondary N) is 1. The van der Waals surface area contributed by atoms with Gasteiger partial charge in [0.2, 0.25) is 0 Å². The maximum Gasteiger partial charge on any atom is 0.180 e. The zero-order valence-electron chi connectivity index (χ0n) is 14.6. The third-order valence-electron chi connectivity index (χ3n) is 4.99. The van der Waals surface area contributed by atoms with Gasteiger partial charge in [-0.15, -0.1) is 0 Å². The van der Waals surface area contributed by atoms with Crippen LogP contribution in [0.3, 0.4) is 0 Å². The molecule has 6 nitrogen and oxygen atoms in total. The summed E-state index contributed by atoms with van der Waals surface area (Å²) >= 11 is 0. The molecule has 0 amide bonds. The van der Waals surface area contributed by atoms with Crippen LogP contribution in [0.25, 0.3) is 11.2 Å². The zero-order chi connectivity index (χ0) is 17.8. The quantitative estimate of drug-likeness (QED) is 0.736. The Morgan fingerprint density at radius 2 is 1.92 bits per heavy atom. The normalized spacial score (nSPS) is 21.0. The lowest BCUT2D eigenvalue weighted by molar-refractivity contribution is 0.115. The number of rotatable bonds is 5. The van der Waals surface area contributed by atoms with Crippen molar-refractivity contribution >= 4 is 17.0 Å². The van der Waals surface area contributed by atoms with Gasteiger partial charge >= 0.3 is 0 Å². The molecule has 0 radical (unpaired) electrons. The van der Waals surface area contributed by atoms with E-state index in [1.54, 1.807) is 12.4 Å². The van der Waals surface area contributed by atoms with Gasteiger partial charge < -0.3 is 10.4 Å². The predicted octanol–water partition coefficient (Wildman–Crippen LogP) is 2.32. The number of likely N-dealkylation sites (tertiary alicyclic amines) is 1. The van der Waals surface area contributed by atoms with Crippen molar-refractivity contribution in [2.45, 2.75) is 19.0 Å². The van der Waals surface area contributed by atoms with Crippen LogP contribution in [-0.4, -0.2) is 50.7 Å². The van der Waals surface area contributed by atoms with Crippen molar-refractivity contribution in [3.8, 4) is 0 Å². The highest BCUT2D eigenvalue weighted by atomic mass is 16.3. The summed E-state index contributed by atoms with van der Waals surface area (Å²) in [6.07, 6.45) is 4.29. The Balaban J connectivity index is 1.48. The number of nitrogens with zero attached hydrogens (tertiary/aromatic N) is 4. The molecule has 2 aromatic heterocycles. The summed E-state index contributed by atoms with van der Waals surface area (Å²) in [7, 11) is 0. The largest absolute Gasteiger partial charge is 0.396 e. The van der Waals surface area contributed by atoms with Crippen molar-refractivity contribution in [1.29, 1.82) is 0 Å². The molecule has 1 aromatic carbocycles. The van der Waals surface area contributed by atoms with Gasteiger partial charge in [0, 0.05) is 44.0 Å². The summed E-state index contributed by atoms with van der Waals surface area (Å²) in [6.45, 7) is 2.98. The van der Waals surface area contributed by atoms with Crippen LogP contribution in [-0.2, 0) is 6.54 Å². The molecule has 26 heavy (non-hydrogen) atoms. The van der Waals surface area contributed by atoms with Crippen LogP contribution in [0.2, 0.25) is 0 Å². The molecular formula is C20H23N5O. The molecule has 3 heterocycles. The first-order valence-corrected chi connectivity index (χ1v) is 9.03. The Morgan fingerprint density at radius 1 is 1.08 bits per heavy atom. The summed E-state index contributed by atoms with van der Waals surface area (Å²) in [4.78, 5) is 15.5. The minimum Gasteiger partial charge on any atom is -0.396 e. The second-order valence-corrected chi connectivity index (χ2v) is 6.80. The second kappa shape index (κ2) is 7.76. The third kappa shape index (κ3) is 3.81. The monoisotopic (exact) mass is 349 g/mol. The highest BCUT2D eigenvalue weighted by Crippen LogP contribution is 2.23. The van der Waals surface area contributed by atoms with E-state index < -0.39 is 0 Å². The number of benzene rings is 1. The van der Waals surface area contributed by atoms with Crippen molar-refractivity contribution in [3.63, 3.8) is 0 Å². The van der Waals surface area contributed by atoms with Gasteiger partial charge in [-0.1, -0.05) is 30.3 Å². The second-order valence-electron chi connectivity index (χ2n) is 6.80. The fourth-order valence-corrected chi connectivity index (χ4v) is 3.56. The van der Waals surface area contributed by atoms with Crippen molar-refractivity contribution in [3.05, 3.63) is 60.4 Å². The zero-order valence-corrected chi connectivity index (χ0v) is 14.6. The van der Waals surface area contributed by atoms with Gasteiger partial charge in [-0.05, 0) is 30.7 Å². The first kappa shape index (κ1) is 16.9. The number of hydrogen-bond acceptors (Lipinski definition) is 6. The molecule has 4 rings (SSSR count). The van der Waals surface area contributed by atoms with Crippen LogP contribution >= 0.6 is 0 Å². The maximum atomic E-state index is 9.79. The smallest absolute Gasteiger partial charge is 0.180 e. The van der Waals surface area contributed by atoms with E-state index in [1.165, 1.54) is 5.56 Å². The van der Waals surface area contributed by atoms with Crippen molar-refractivity contribution in [2.75, 3.05) is 25.0 Å². The van der Waals surface area contributed by atoms with Crippen LogP contribution in [0.15, 0.2) is 54.9 Å². The number of piperidine rings is 1. The SMILES string of the molecule is OCC1CCN(Cc2ccccc2)CC1Nc1ccc2nccnc2n1. The molecule has 134 valence electrons. The average Bonchev–Trinajstić information content (AvgIpc) is 2.69. The molecule has 1 saturated heterocycles. The van der Waals surface area contributed by atoms with Crippen LogP contribution in [0.5, 0.6) is 0 Å². The number of aliphatic hydroxyl groups excluding tert-OH is 1. The molecule has 1 aliphatic rings. The van der Waals surface area contributed by atoms with E-state index in [2.05, 4.69) is 49.4 Å². The Hall–Kier alpha value is -2.57. The van der Waals surface area contributed by atoms with E-state index in [0.29, 0.717) is 5.65 Å². The number of anilines is 1. The summed E-state index contributed by atoms with van der Waals surface area (Å²) in [6, 6.07) is 14.5. The van der Waals surface area contributed by atoms with Crippen molar-refractivity contribution < 1.29 is 5.11 Å². The molecule has 2 unspecified atom stereocenters. The molecule has 1 fully saturated rings. The van der Waals surface area contributed by atoms with Gasteiger partial charge in [-0.25, -0.2) is 9.97 Å². The van der Waals surface area contributed by atoms with E-state index >= 15 is 0 Å².